The lowest BCUT2D eigenvalue weighted by molar-refractivity contribution is -0.385. The van der Waals surface area contributed by atoms with Crippen LogP contribution < -0.4 is 0 Å². The minimum Gasteiger partial charge on any atom is -0.465 e. The molecule has 10 atom stereocenters. The van der Waals surface area contributed by atoms with Crippen LogP contribution in [0.4, 0.5) is 11.4 Å². The number of nitrogens with zero attached hydrogens (tertiary/aromatic N) is 2. The third kappa shape index (κ3) is 13.9. The van der Waals surface area contributed by atoms with Crippen molar-refractivity contribution in [3.05, 3.63) is 140 Å². The second-order valence-corrected chi connectivity index (χ2v) is 19.1. The van der Waals surface area contributed by atoms with Crippen LogP contribution in [0.15, 0.2) is 103 Å². The molecule has 3 aliphatic heterocycles. The summed E-state index contributed by atoms with van der Waals surface area (Å²) in [6, 6.07) is 19.9. The van der Waals surface area contributed by atoms with Gasteiger partial charge in [-0.25, -0.2) is 9.59 Å². The number of nitro benzene ring substituents is 2. The van der Waals surface area contributed by atoms with Crippen molar-refractivity contribution in [1.29, 1.82) is 0 Å². The summed E-state index contributed by atoms with van der Waals surface area (Å²) in [6.45, 7) is 16.4. The Bertz CT molecular complexity index is 2240. The van der Waals surface area contributed by atoms with Crippen molar-refractivity contribution in [3.63, 3.8) is 0 Å². The Labute approximate surface area is 397 Å². The number of carbonyl (C=O) groups excluding carboxylic acids is 3. The Balaban J connectivity index is 1.14. The number of ether oxygens (including phenoxy) is 7. The van der Waals surface area contributed by atoms with Gasteiger partial charge in [0.1, 0.15) is 12.7 Å². The van der Waals surface area contributed by atoms with E-state index in [0.29, 0.717) is 25.9 Å². The van der Waals surface area contributed by atoms with E-state index >= 15 is 0 Å². The molecule has 3 heterocycles. The highest BCUT2D eigenvalue weighted by atomic mass is 16.6. The maximum absolute atomic E-state index is 13.6. The van der Waals surface area contributed by atoms with Crippen LogP contribution in [0.5, 0.6) is 0 Å². The lowest BCUT2D eigenvalue weighted by Gasteiger charge is -2.38. The molecule has 3 aromatic rings. The maximum Gasteiger partial charge on any atom is 0.338 e. The summed E-state index contributed by atoms with van der Waals surface area (Å²) in [5, 5.41) is 22.5. The van der Waals surface area contributed by atoms with Gasteiger partial charge in [-0.15, -0.1) is 0 Å². The zero-order valence-electron chi connectivity index (χ0n) is 39.6. The van der Waals surface area contributed by atoms with Gasteiger partial charge in [-0.05, 0) is 113 Å². The van der Waals surface area contributed by atoms with E-state index in [9.17, 15) is 34.6 Å². The van der Waals surface area contributed by atoms with Crippen molar-refractivity contribution in [2.24, 2.45) is 17.3 Å². The molecule has 0 aliphatic carbocycles. The number of carbonyl (C=O) groups is 3. The summed E-state index contributed by atoms with van der Waals surface area (Å²) in [5.74, 6) is -1.81. The summed E-state index contributed by atoms with van der Waals surface area (Å²) in [7, 11) is 1.60. The lowest BCUT2D eigenvalue weighted by Crippen LogP contribution is -2.39. The molecule has 366 valence electrons. The molecule has 0 N–H and O–H groups in total. The van der Waals surface area contributed by atoms with E-state index < -0.39 is 58.2 Å². The predicted molar refractivity (Wildman–Crippen MR) is 251 cm³/mol. The van der Waals surface area contributed by atoms with Crippen LogP contribution in [-0.2, 0) is 44.4 Å². The fourth-order valence-corrected chi connectivity index (χ4v) is 9.20. The van der Waals surface area contributed by atoms with Crippen molar-refractivity contribution in [2.45, 2.75) is 134 Å². The summed E-state index contributed by atoms with van der Waals surface area (Å²) in [4.78, 5) is 60.3. The van der Waals surface area contributed by atoms with Crippen molar-refractivity contribution in [3.8, 4) is 0 Å². The van der Waals surface area contributed by atoms with Crippen LogP contribution in [0, 0.1) is 37.5 Å². The zero-order chi connectivity index (χ0) is 49.1. The molecular weight excluding hydrogens is 877 g/mol. The second kappa shape index (κ2) is 23.5. The SMILES string of the molecule is C=C1C[C@H](CCCOC(=O)C(C)(C)C)OC1CC[C@H]1C[C@@H](C)C(=C)C(C[C@@H]2O[C@H](C[C@@H](COC(=O)c3ccc([N+](=O)[O-])cc3)OC(=O)c3ccc([N+](=O)[O-])cc3)[C@H](OC)[C@H]2Cc2ccccc2)O1. The van der Waals surface area contributed by atoms with Gasteiger partial charge in [0.25, 0.3) is 11.4 Å². The van der Waals surface area contributed by atoms with E-state index in [0.717, 1.165) is 48.8 Å². The van der Waals surface area contributed by atoms with Crippen molar-refractivity contribution in [1.82, 2.24) is 0 Å². The van der Waals surface area contributed by atoms with Gasteiger partial charge in [-0.2, -0.15) is 0 Å². The van der Waals surface area contributed by atoms with Gasteiger partial charge in [-0.1, -0.05) is 50.4 Å². The molecule has 0 radical (unpaired) electrons. The van der Waals surface area contributed by atoms with E-state index in [1.807, 2.05) is 51.1 Å². The predicted octanol–water partition coefficient (Wildman–Crippen LogP) is 9.52. The zero-order valence-corrected chi connectivity index (χ0v) is 39.6. The number of methoxy groups -OCH3 is 1. The third-order valence-electron chi connectivity index (χ3n) is 13.0. The Morgan fingerprint density at radius 1 is 0.779 bits per heavy atom. The molecular formula is C52H64N2O14. The van der Waals surface area contributed by atoms with E-state index in [1.54, 1.807) is 7.11 Å². The van der Waals surface area contributed by atoms with Crippen LogP contribution in [0.3, 0.4) is 0 Å². The van der Waals surface area contributed by atoms with Crippen LogP contribution in [0.1, 0.15) is 105 Å². The minimum absolute atomic E-state index is 0.0230. The molecule has 68 heavy (non-hydrogen) atoms. The van der Waals surface area contributed by atoms with Gasteiger partial charge in [-0.3, -0.25) is 25.0 Å². The number of esters is 3. The fourth-order valence-electron chi connectivity index (χ4n) is 9.20. The van der Waals surface area contributed by atoms with Gasteiger partial charge < -0.3 is 33.2 Å². The summed E-state index contributed by atoms with van der Waals surface area (Å²) >= 11 is 0. The minimum atomic E-state index is -1.07. The van der Waals surface area contributed by atoms with E-state index in [1.165, 1.54) is 48.5 Å². The van der Waals surface area contributed by atoms with E-state index in [-0.39, 0.29) is 71.1 Å². The molecule has 0 bridgehead atoms. The maximum atomic E-state index is 13.6. The van der Waals surface area contributed by atoms with Gasteiger partial charge in [0.15, 0.2) is 0 Å². The first kappa shape index (κ1) is 51.6. The molecule has 0 saturated carbocycles. The number of rotatable bonds is 21. The Hall–Kier alpha value is -5.81. The molecule has 0 spiro atoms. The Kier molecular flexibility index (Phi) is 17.8. The first-order chi connectivity index (χ1) is 32.4. The number of benzene rings is 3. The second-order valence-electron chi connectivity index (χ2n) is 19.1. The molecule has 3 saturated heterocycles. The van der Waals surface area contributed by atoms with Crippen LogP contribution in [0.2, 0.25) is 0 Å². The summed E-state index contributed by atoms with van der Waals surface area (Å²) in [6.07, 6.45) is 2.61. The van der Waals surface area contributed by atoms with Gasteiger partial charge in [0.05, 0.1) is 75.7 Å². The molecule has 3 aromatic carbocycles. The normalized spacial score (nSPS) is 25.4. The molecule has 16 heteroatoms. The topological polar surface area (TPSA) is 202 Å². The molecule has 16 nitrogen and oxygen atoms in total. The smallest absolute Gasteiger partial charge is 0.338 e. The molecule has 0 aromatic heterocycles. The molecule has 3 fully saturated rings. The Morgan fingerprint density at radius 3 is 2.00 bits per heavy atom. The average Bonchev–Trinajstić information content (AvgIpc) is 3.83. The standard InChI is InChI=1S/C52H64N2O14/c1-32-26-41(23-24-44-33(2)27-40(65-44)14-11-25-63-51(57)52(4,5)6)66-45(34(32)3)30-46-43(28-35-12-9-8-10-13-35)48(62-7)47(68-46)29-42(67-50(56)37-17-21-39(22-18-37)54(60)61)31-64-49(55)36-15-19-38(20-16-36)53(58)59/h8-10,12-13,15-22,32,40-48H,2-3,11,14,23-31H2,1,4-7H3/t32-,40+,41+,42+,43+,44?,45?,46+,47-,48-/m1/s1. The quantitative estimate of drug-likeness (QED) is 0.0244. The average molecular weight is 941 g/mol. The first-order valence-corrected chi connectivity index (χ1v) is 23.3. The van der Waals surface area contributed by atoms with Crippen LogP contribution >= 0.6 is 0 Å². The van der Waals surface area contributed by atoms with Crippen molar-refractivity contribution >= 4 is 29.3 Å². The number of nitro groups is 2. The monoisotopic (exact) mass is 940 g/mol. The van der Waals surface area contributed by atoms with Gasteiger partial charge in [0.2, 0.25) is 0 Å². The molecule has 6 rings (SSSR count). The van der Waals surface area contributed by atoms with Gasteiger partial charge in [0, 0.05) is 50.1 Å². The van der Waals surface area contributed by atoms with Crippen molar-refractivity contribution < 1.29 is 57.4 Å². The number of hydrogen-bond acceptors (Lipinski definition) is 14. The van der Waals surface area contributed by atoms with Gasteiger partial charge >= 0.3 is 17.9 Å². The lowest BCUT2D eigenvalue weighted by atomic mass is 9.81. The molecule has 3 aliphatic rings. The fraction of sp³-hybridized carbons (Fsp3) is 0.519. The third-order valence-corrected chi connectivity index (χ3v) is 13.0. The number of hydrogen-bond donors (Lipinski definition) is 0. The largest absolute Gasteiger partial charge is 0.465 e. The summed E-state index contributed by atoms with van der Waals surface area (Å²) < 4.78 is 43.5. The van der Waals surface area contributed by atoms with Crippen LogP contribution in [0.25, 0.3) is 0 Å². The highest BCUT2D eigenvalue weighted by Gasteiger charge is 2.48. The molecule has 2 unspecified atom stereocenters. The highest BCUT2D eigenvalue weighted by molar-refractivity contribution is 5.90. The molecule has 0 amide bonds. The van der Waals surface area contributed by atoms with E-state index in [4.69, 9.17) is 33.2 Å². The first-order valence-electron chi connectivity index (χ1n) is 23.3. The summed E-state index contributed by atoms with van der Waals surface area (Å²) in [5.41, 5.74) is 2.27. The van der Waals surface area contributed by atoms with Crippen molar-refractivity contribution in [2.75, 3.05) is 20.3 Å². The van der Waals surface area contributed by atoms with Crippen LogP contribution in [-0.4, -0.2) is 96.9 Å². The van der Waals surface area contributed by atoms with E-state index in [2.05, 4.69) is 20.1 Å². The number of non-ortho nitro benzene ring substituents is 2. The highest BCUT2D eigenvalue weighted by Crippen LogP contribution is 2.41. The Morgan fingerprint density at radius 2 is 1.40 bits per heavy atom.